The Morgan fingerprint density at radius 3 is 2.50 bits per heavy atom. The van der Waals surface area contributed by atoms with E-state index < -0.39 is 0 Å². The molecule has 0 bridgehead atoms. The van der Waals surface area contributed by atoms with Gasteiger partial charge in [-0.15, -0.1) is 0 Å². The van der Waals surface area contributed by atoms with Gasteiger partial charge in [-0.3, -0.25) is 0 Å². The van der Waals surface area contributed by atoms with Crippen LogP contribution in [0.2, 0.25) is 5.02 Å². The van der Waals surface area contributed by atoms with E-state index >= 15 is 0 Å². The van der Waals surface area contributed by atoms with Gasteiger partial charge in [-0.05, 0) is 42.2 Å². The highest BCUT2D eigenvalue weighted by atomic mass is 35.5. The molecule has 0 aliphatic carbocycles. The van der Waals surface area contributed by atoms with Gasteiger partial charge in [0.15, 0.2) is 0 Å². The lowest BCUT2D eigenvalue weighted by Gasteiger charge is -2.13. The molecular weight excluding hydrogens is 246 g/mol. The van der Waals surface area contributed by atoms with Gasteiger partial charge in [-0.25, -0.2) is 0 Å². The second-order valence-corrected chi connectivity index (χ2v) is 4.86. The van der Waals surface area contributed by atoms with Gasteiger partial charge in [0, 0.05) is 11.1 Å². The summed E-state index contributed by atoms with van der Waals surface area (Å²) in [5, 5.41) is 10.4. The molecule has 2 nitrogen and oxygen atoms in total. The molecule has 0 aromatic heterocycles. The number of benzene rings is 2. The molecule has 3 N–H and O–H groups in total. The second kappa shape index (κ2) is 5.89. The maximum absolute atomic E-state index is 9.74. The minimum atomic E-state index is -0.0308. The number of aromatic hydroxyl groups is 1. The summed E-state index contributed by atoms with van der Waals surface area (Å²) in [5.41, 5.74) is 8.10. The smallest absolute Gasteiger partial charge is 0.118 e. The van der Waals surface area contributed by atoms with Crippen molar-refractivity contribution in [3.8, 4) is 5.75 Å². The van der Waals surface area contributed by atoms with Crippen molar-refractivity contribution in [2.24, 2.45) is 5.73 Å². The van der Waals surface area contributed by atoms with Crippen LogP contribution in [0.25, 0.3) is 0 Å². The van der Waals surface area contributed by atoms with Crippen LogP contribution in [0.15, 0.2) is 48.5 Å². The van der Waals surface area contributed by atoms with Gasteiger partial charge in [0.05, 0.1) is 0 Å². The lowest BCUT2D eigenvalue weighted by molar-refractivity contribution is 0.464. The number of nitrogens with two attached hydrogens (primary N) is 1. The van der Waals surface area contributed by atoms with Crippen LogP contribution in [0.3, 0.4) is 0 Å². The third kappa shape index (κ3) is 3.49. The van der Waals surface area contributed by atoms with Crippen LogP contribution in [0, 0.1) is 0 Å². The van der Waals surface area contributed by atoms with Crippen molar-refractivity contribution >= 4 is 11.6 Å². The highest BCUT2D eigenvalue weighted by Gasteiger charge is 2.09. The van der Waals surface area contributed by atoms with Crippen molar-refractivity contribution in [3.05, 3.63) is 64.7 Å². The van der Waals surface area contributed by atoms with Crippen molar-refractivity contribution < 1.29 is 5.11 Å². The lowest BCUT2D eigenvalue weighted by Crippen LogP contribution is -2.25. The molecule has 0 saturated heterocycles. The molecule has 2 aromatic carbocycles. The summed E-state index contributed by atoms with van der Waals surface area (Å²) in [7, 11) is 0. The first-order chi connectivity index (χ1) is 8.65. The molecule has 2 rings (SSSR count). The molecule has 3 heteroatoms. The highest BCUT2D eigenvalue weighted by molar-refractivity contribution is 6.30. The molecule has 94 valence electrons. The monoisotopic (exact) mass is 261 g/mol. The Hall–Kier alpha value is -1.51. The van der Waals surface area contributed by atoms with Crippen LogP contribution in [0.4, 0.5) is 0 Å². The molecule has 0 radical (unpaired) electrons. The van der Waals surface area contributed by atoms with E-state index in [4.69, 9.17) is 17.3 Å². The van der Waals surface area contributed by atoms with E-state index in [0.717, 1.165) is 12.0 Å². The third-order valence-electron chi connectivity index (χ3n) is 2.86. The van der Waals surface area contributed by atoms with E-state index in [-0.39, 0.29) is 11.8 Å². The molecule has 0 spiro atoms. The topological polar surface area (TPSA) is 46.2 Å². The summed E-state index contributed by atoms with van der Waals surface area (Å²) in [6.07, 6.45) is 1.40. The van der Waals surface area contributed by atoms with Gasteiger partial charge in [0.2, 0.25) is 0 Å². The van der Waals surface area contributed by atoms with Crippen molar-refractivity contribution in [1.82, 2.24) is 0 Å². The average molecular weight is 262 g/mol. The summed E-state index contributed by atoms with van der Waals surface area (Å²) < 4.78 is 0. The van der Waals surface area contributed by atoms with Crippen molar-refractivity contribution in [3.63, 3.8) is 0 Å². The maximum Gasteiger partial charge on any atom is 0.118 e. The lowest BCUT2D eigenvalue weighted by atomic mass is 9.99. The van der Waals surface area contributed by atoms with Crippen molar-refractivity contribution in [2.45, 2.75) is 18.9 Å². The first-order valence-electron chi connectivity index (χ1n) is 5.92. The Morgan fingerprint density at radius 2 is 1.78 bits per heavy atom. The number of phenolic OH excluding ortho intramolecular Hbond substituents is 1. The molecule has 0 heterocycles. The predicted octanol–water partition coefficient (Wildman–Crippen LogP) is 3.16. The molecule has 0 aliphatic rings. The third-order valence-corrected chi connectivity index (χ3v) is 3.10. The Balaban J connectivity index is 2.03. The van der Waals surface area contributed by atoms with E-state index in [2.05, 4.69) is 12.1 Å². The largest absolute Gasteiger partial charge is 0.508 e. The zero-order chi connectivity index (χ0) is 13.0. The number of halogens is 1. The van der Waals surface area contributed by atoms with E-state index in [0.29, 0.717) is 11.4 Å². The Labute approximate surface area is 112 Å². The van der Waals surface area contributed by atoms with E-state index in [1.54, 1.807) is 18.2 Å². The summed E-state index contributed by atoms with van der Waals surface area (Å²) in [6.45, 7) is 0. The SMILES string of the molecule is NC(Cc1ccccc1)Cc1cc(Cl)ccc1O. The molecule has 0 aliphatic heterocycles. The van der Waals surface area contributed by atoms with Crippen molar-refractivity contribution in [1.29, 1.82) is 0 Å². The summed E-state index contributed by atoms with van der Waals surface area (Å²) in [4.78, 5) is 0. The molecule has 2 aromatic rings. The van der Waals surface area contributed by atoms with E-state index in [9.17, 15) is 5.11 Å². The predicted molar refractivity (Wildman–Crippen MR) is 74.9 cm³/mol. The first kappa shape index (κ1) is 12.9. The van der Waals surface area contributed by atoms with Crippen LogP contribution < -0.4 is 5.73 Å². The van der Waals surface area contributed by atoms with Crippen LogP contribution in [0.5, 0.6) is 5.75 Å². The maximum atomic E-state index is 9.74. The fraction of sp³-hybridized carbons (Fsp3) is 0.200. The normalized spacial score (nSPS) is 12.3. The molecule has 0 saturated carbocycles. The molecular formula is C15H16ClNO. The zero-order valence-corrected chi connectivity index (χ0v) is 10.8. The van der Waals surface area contributed by atoms with Crippen molar-refractivity contribution in [2.75, 3.05) is 0 Å². The number of phenols is 1. The standard InChI is InChI=1S/C15H16ClNO/c16-13-6-7-15(18)12(9-13)10-14(17)8-11-4-2-1-3-5-11/h1-7,9,14,18H,8,10,17H2. The molecule has 0 amide bonds. The van der Waals surface area contributed by atoms with Crippen LogP contribution in [0.1, 0.15) is 11.1 Å². The minimum absolute atomic E-state index is 0.0308. The quantitative estimate of drug-likeness (QED) is 0.888. The molecule has 1 atom stereocenters. The van der Waals surface area contributed by atoms with E-state index in [1.807, 2.05) is 18.2 Å². The number of rotatable bonds is 4. The highest BCUT2D eigenvalue weighted by Crippen LogP contribution is 2.23. The number of hydrogen-bond acceptors (Lipinski definition) is 2. The van der Waals surface area contributed by atoms with Crippen LogP contribution in [-0.4, -0.2) is 11.1 Å². The fourth-order valence-corrected chi connectivity index (χ4v) is 2.18. The van der Waals surface area contributed by atoms with Crippen LogP contribution in [-0.2, 0) is 12.8 Å². The second-order valence-electron chi connectivity index (χ2n) is 4.43. The minimum Gasteiger partial charge on any atom is -0.508 e. The Morgan fingerprint density at radius 1 is 1.06 bits per heavy atom. The Kier molecular flexibility index (Phi) is 4.24. The van der Waals surface area contributed by atoms with Gasteiger partial charge in [0.25, 0.3) is 0 Å². The number of hydrogen-bond donors (Lipinski definition) is 2. The molecule has 1 unspecified atom stereocenters. The summed E-state index contributed by atoms with van der Waals surface area (Å²) in [5.74, 6) is 0.253. The van der Waals surface area contributed by atoms with Gasteiger partial charge < -0.3 is 10.8 Å². The Bertz CT molecular complexity index is 513. The summed E-state index contributed by atoms with van der Waals surface area (Å²) in [6, 6.07) is 15.1. The zero-order valence-electron chi connectivity index (χ0n) is 10.0. The summed E-state index contributed by atoms with van der Waals surface area (Å²) >= 11 is 5.91. The fourth-order valence-electron chi connectivity index (χ4n) is 1.99. The van der Waals surface area contributed by atoms with E-state index in [1.165, 1.54) is 5.56 Å². The first-order valence-corrected chi connectivity index (χ1v) is 6.30. The van der Waals surface area contributed by atoms with Gasteiger partial charge in [0.1, 0.15) is 5.75 Å². The average Bonchev–Trinajstić information content (AvgIpc) is 2.35. The van der Waals surface area contributed by atoms with Gasteiger partial charge >= 0.3 is 0 Å². The van der Waals surface area contributed by atoms with Gasteiger partial charge in [-0.2, -0.15) is 0 Å². The van der Waals surface area contributed by atoms with Gasteiger partial charge in [-0.1, -0.05) is 41.9 Å². The molecule has 0 fully saturated rings. The van der Waals surface area contributed by atoms with Crippen LogP contribution >= 0.6 is 11.6 Å². The molecule has 18 heavy (non-hydrogen) atoms.